The number of amides is 1. The van der Waals surface area contributed by atoms with Crippen LogP contribution in [-0.4, -0.2) is 26.6 Å². The molecule has 0 saturated carbocycles. The average molecular weight is 389 g/mol. The van der Waals surface area contributed by atoms with E-state index in [2.05, 4.69) is 36.7 Å². The summed E-state index contributed by atoms with van der Waals surface area (Å²) in [7, 11) is -3.56. The minimum Gasteiger partial charge on any atom is -0.311 e. The first-order valence-corrected chi connectivity index (χ1v) is 9.59. The quantitative estimate of drug-likeness (QED) is 0.862. The molecule has 1 aromatic carbocycles. The molecule has 0 bridgehead atoms. The maximum Gasteiger partial charge on any atom is 0.227 e. The Kier molecular flexibility index (Phi) is 4.71. The van der Waals surface area contributed by atoms with Gasteiger partial charge in [0.15, 0.2) is 0 Å². The van der Waals surface area contributed by atoms with E-state index in [1.54, 1.807) is 4.90 Å². The summed E-state index contributed by atoms with van der Waals surface area (Å²) < 4.78 is 23.2. The number of anilines is 1. The lowest BCUT2D eigenvalue weighted by Crippen LogP contribution is -2.27. The van der Waals surface area contributed by atoms with Crippen LogP contribution in [0.3, 0.4) is 0 Å². The van der Waals surface area contributed by atoms with Crippen molar-refractivity contribution in [2.75, 3.05) is 17.2 Å². The molecule has 1 amide bonds. The molecule has 0 radical (unpaired) electrons. The van der Waals surface area contributed by atoms with Crippen LogP contribution in [0.15, 0.2) is 22.7 Å². The van der Waals surface area contributed by atoms with Gasteiger partial charge in [0, 0.05) is 23.4 Å². The second-order valence-corrected chi connectivity index (χ2v) is 9.33. The van der Waals surface area contributed by atoms with E-state index in [4.69, 9.17) is 5.14 Å². The Morgan fingerprint density at radius 3 is 2.50 bits per heavy atom. The second-order valence-electron chi connectivity index (χ2n) is 6.82. The van der Waals surface area contributed by atoms with E-state index in [1.165, 1.54) is 0 Å². The summed E-state index contributed by atoms with van der Waals surface area (Å²) in [6.45, 7) is 6.75. The summed E-state index contributed by atoms with van der Waals surface area (Å²) in [6.07, 6.45) is 0.212. The molecule has 0 spiro atoms. The summed E-state index contributed by atoms with van der Waals surface area (Å²) >= 11 is 3.52. The van der Waals surface area contributed by atoms with Crippen molar-refractivity contribution in [1.29, 1.82) is 0 Å². The molecule has 0 aromatic heterocycles. The number of carbonyl (C=O) groups is 1. The maximum absolute atomic E-state index is 12.2. The molecule has 1 aliphatic rings. The molecule has 1 aliphatic heterocycles. The number of nitrogens with two attached hydrogens (primary N) is 1. The number of hydrogen-bond acceptors (Lipinski definition) is 3. The molecule has 7 heteroatoms. The lowest BCUT2D eigenvalue weighted by molar-refractivity contribution is -0.117. The van der Waals surface area contributed by atoms with Gasteiger partial charge >= 0.3 is 0 Å². The van der Waals surface area contributed by atoms with E-state index in [0.29, 0.717) is 6.54 Å². The predicted molar refractivity (Wildman–Crippen MR) is 91.3 cm³/mol. The Morgan fingerprint density at radius 2 is 2.00 bits per heavy atom. The monoisotopic (exact) mass is 388 g/mol. The van der Waals surface area contributed by atoms with Gasteiger partial charge in [0.25, 0.3) is 0 Å². The Labute approximate surface area is 140 Å². The van der Waals surface area contributed by atoms with Gasteiger partial charge < -0.3 is 4.90 Å². The molecule has 1 fully saturated rings. The number of carbonyl (C=O) groups excluding carboxylic acids is 1. The van der Waals surface area contributed by atoms with Crippen molar-refractivity contribution in [3.8, 4) is 0 Å². The predicted octanol–water partition coefficient (Wildman–Crippen LogP) is 2.39. The molecule has 22 heavy (non-hydrogen) atoms. The Morgan fingerprint density at radius 1 is 1.36 bits per heavy atom. The number of nitrogens with zero attached hydrogens (tertiary/aromatic N) is 1. The highest BCUT2D eigenvalue weighted by atomic mass is 79.9. The second kappa shape index (κ2) is 5.94. The van der Waals surface area contributed by atoms with Gasteiger partial charge in [-0.1, -0.05) is 26.8 Å². The van der Waals surface area contributed by atoms with E-state index >= 15 is 0 Å². The van der Waals surface area contributed by atoms with E-state index in [9.17, 15) is 13.2 Å². The van der Waals surface area contributed by atoms with Crippen LogP contribution in [-0.2, 0) is 20.2 Å². The standard InChI is InChI=1S/C15H21BrN2O3S/c1-15(2,3)11-4-5-13(12(16)7-11)18-8-10(6-14(18)19)9-22(17,20)21/h4-5,7,10H,6,8-9H2,1-3H3,(H2,17,20,21). The molecule has 122 valence electrons. The molecule has 1 saturated heterocycles. The van der Waals surface area contributed by atoms with Crippen LogP contribution in [0.1, 0.15) is 32.8 Å². The lowest BCUT2D eigenvalue weighted by Gasteiger charge is -2.23. The number of halogens is 1. The van der Waals surface area contributed by atoms with Crippen molar-refractivity contribution in [2.24, 2.45) is 11.1 Å². The summed E-state index contributed by atoms with van der Waals surface area (Å²) in [5.74, 6) is -0.484. The molecule has 5 nitrogen and oxygen atoms in total. The van der Waals surface area contributed by atoms with Crippen LogP contribution in [0.2, 0.25) is 0 Å². The van der Waals surface area contributed by atoms with Crippen LogP contribution >= 0.6 is 15.9 Å². The molecule has 1 heterocycles. The minimum atomic E-state index is -3.56. The third-order valence-corrected chi connectivity index (χ3v) is 5.35. The van der Waals surface area contributed by atoms with Crippen molar-refractivity contribution >= 4 is 37.5 Å². The minimum absolute atomic E-state index is 0.0201. The van der Waals surface area contributed by atoms with Gasteiger partial charge in [-0.25, -0.2) is 13.6 Å². The highest BCUT2D eigenvalue weighted by Gasteiger charge is 2.33. The normalized spacial score (nSPS) is 19.8. The van der Waals surface area contributed by atoms with E-state index in [1.807, 2.05) is 18.2 Å². The zero-order chi connectivity index (χ0) is 16.7. The van der Waals surface area contributed by atoms with Gasteiger partial charge in [0.2, 0.25) is 15.9 Å². The number of rotatable bonds is 3. The molecule has 1 aromatic rings. The highest BCUT2D eigenvalue weighted by molar-refractivity contribution is 9.10. The zero-order valence-corrected chi connectivity index (χ0v) is 15.4. The Bertz CT molecular complexity index is 695. The summed E-state index contributed by atoms with van der Waals surface area (Å²) in [5, 5.41) is 5.08. The molecule has 0 aliphatic carbocycles. The fourth-order valence-corrected chi connectivity index (χ4v) is 4.12. The van der Waals surface area contributed by atoms with Gasteiger partial charge in [0.1, 0.15) is 0 Å². The number of hydrogen-bond donors (Lipinski definition) is 1. The van der Waals surface area contributed by atoms with Crippen molar-refractivity contribution in [3.05, 3.63) is 28.2 Å². The van der Waals surface area contributed by atoms with Crippen LogP contribution < -0.4 is 10.0 Å². The molecular formula is C15H21BrN2O3S. The molecule has 1 unspecified atom stereocenters. The van der Waals surface area contributed by atoms with Gasteiger partial charge in [0.05, 0.1) is 11.4 Å². The zero-order valence-electron chi connectivity index (χ0n) is 13.0. The maximum atomic E-state index is 12.2. The largest absolute Gasteiger partial charge is 0.311 e. The summed E-state index contributed by atoms with van der Waals surface area (Å²) in [4.78, 5) is 13.8. The molecular weight excluding hydrogens is 368 g/mol. The summed E-state index contributed by atoms with van der Waals surface area (Å²) in [6, 6.07) is 5.91. The fourth-order valence-electron chi connectivity index (χ4n) is 2.65. The van der Waals surface area contributed by atoms with Crippen LogP contribution in [0.25, 0.3) is 0 Å². The van der Waals surface area contributed by atoms with Crippen molar-refractivity contribution < 1.29 is 13.2 Å². The Balaban J connectivity index is 2.24. The first kappa shape index (κ1) is 17.4. The third kappa shape index (κ3) is 4.08. The van der Waals surface area contributed by atoms with Crippen LogP contribution in [0, 0.1) is 5.92 Å². The Hall–Kier alpha value is -0.920. The SMILES string of the molecule is CC(C)(C)c1ccc(N2CC(CS(N)(=O)=O)CC2=O)c(Br)c1. The van der Waals surface area contributed by atoms with Crippen molar-refractivity contribution in [1.82, 2.24) is 0 Å². The summed E-state index contributed by atoms with van der Waals surface area (Å²) in [5.41, 5.74) is 1.96. The number of benzene rings is 1. The number of sulfonamides is 1. The van der Waals surface area contributed by atoms with Crippen molar-refractivity contribution in [2.45, 2.75) is 32.6 Å². The molecule has 1 atom stereocenters. The first-order valence-electron chi connectivity index (χ1n) is 7.08. The van der Waals surface area contributed by atoms with Crippen molar-refractivity contribution in [3.63, 3.8) is 0 Å². The third-order valence-electron chi connectivity index (χ3n) is 3.78. The van der Waals surface area contributed by atoms with Crippen LogP contribution in [0.4, 0.5) is 5.69 Å². The smallest absolute Gasteiger partial charge is 0.227 e. The highest BCUT2D eigenvalue weighted by Crippen LogP contribution is 2.35. The topological polar surface area (TPSA) is 80.5 Å². The van der Waals surface area contributed by atoms with E-state index in [-0.39, 0.29) is 29.4 Å². The lowest BCUT2D eigenvalue weighted by atomic mass is 9.87. The average Bonchev–Trinajstić information content (AvgIpc) is 2.66. The first-order chi connectivity index (χ1) is 9.97. The van der Waals surface area contributed by atoms with E-state index < -0.39 is 10.0 Å². The van der Waals surface area contributed by atoms with Crippen LogP contribution in [0.5, 0.6) is 0 Å². The van der Waals surface area contributed by atoms with Gasteiger partial charge in [-0.2, -0.15) is 0 Å². The van der Waals surface area contributed by atoms with Gasteiger partial charge in [-0.3, -0.25) is 4.79 Å². The number of primary sulfonamides is 1. The van der Waals surface area contributed by atoms with E-state index in [0.717, 1.165) is 15.7 Å². The molecule has 2 rings (SSSR count). The van der Waals surface area contributed by atoms with Gasteiger partial charge in [-0.15, -0.1) is 0 Å². The molecule has 2 N–H and O–H groups in total. The van der Waals surface area contributed by atoms with Gasteiger partial charge in [-0.05, 0) is 39.0 Å². The fraction of sp³-hybridized carbons (Fsp3) is 0.533.